The number of hydrogen-bond donors (Lipinski definition) is 2. The molecular weight excluding hydrogens is 322 g/mol. The lowest BCUT2D eigenvalue weighted by atomic mass is 9.84. The number of benzene rings is 2. The van der Waals surface area contributed by atoms with Gasteiger partial charge in [0, 0.05) is 17.7 Å². The summed E-state index contributed by atoms with van der Waals surface area (Å²) in [6.07, 6.45) is 5.43. The SMILES string of the molecule is CCC(=Cc1cccc2c1CCC(N[C@H](C)c1ccccc1)C2)C(=O)O. The van der Waals surface area contributed by atoms with E-state index in [1.54, 1.807) is 0 Å². The maximum Gasteiger partial charge on any atom is 0.331 e. The normalized spacial score (nSPS) is 18.2. The lowest BCUT2D eigenvalue weighted by Crippen LogP contribution is -2.36. The maximum absolute atomic E-state index is 11.3. The highest BCUT2D eigenvalue weighted by Crippen LogP contribution is 2.28. The molecule has 136 valence electrons. The Labute approximate surface area is 155 Å². The van der Waals surface area contributed by atoms with Gasteiger partial charge in [0.25, 0.3) is 0 Å². The molecule has 2 aromatic carbocycles. The number of aliphatic carboxylic acids is 1. The third-order valence-corrected chi connectivity index (χ3v) is 5.29. The smallest absolute Gasteiger partial charge is 0.331 e. The Bertz CT molecular complexity index is 795. The first kappa shape index (κ1) is 18.4. The minimum atomic E-state index is -0.822. The third kappa shape index (κ3) is 4.23. The molecule has 0 saturated carbocycles. The summed E-state index contributed by atoms with van der Waals surface area (Å²) in [4.78, 5) is 11.3. The van der Waals surface area contributed by atoms with Gasteiger partial charge in [-0.15, -0.1) is 0 Å². The van der Waals surface area contributed by atoms with Crippen LogP contribution in [0.2, 0.25) is 0 Å². The monoisotopic (exact) mass is 349 g/mol. The molecule has 1 aliphatic carbocycles. The minimum absolute atomic E-state index is 0.324. The molecule has 0 aliphatic heterocycles. The third-order valence-electron chi connectivity index (χ3n) is 5.29. The van der Waals surface area contributed by atoms with Crippen LogP contribution in [-0.2, 0) is 17.6 Å². The zero-order valence-corrected chi connectivity index (χ0v) is 15.5. The van der Waals surface area contributed by atoms with Crippen molar-refractivity contribution in [2.75, 3.05) is 0 Å². The zero-order valence-electron chi connectivity index (χ0n) is 15.5. The van der Waals surface area contributed by atoms with Crippen LogP contribution in [0.1, 0.15) is 55.0 Å². The van der Waals surface area contributed by atoms with Crippen LogP contribution in [0.15, 0.2) is 54.1 Å². The first-order chi connectivity index (χ1) is 12.6. The van der Waals surface area contributed by atoms with Crippen LogP contribution in [0, 0.1) is 0 Å². The summed E-state index contributed by atoms with van der Waals surface area (Å²) in [5.74, 6) is -0.822. The lowest BCUT2D eigenvalue weighted by molar-refractivity contribution is -0.132. The second-order valence-electron chi connectivity index (χ2n) is 7.05. The van der Waals surface area contributed by atoms with Crippen LogP contribution in [-0.4, -0.2) is 17.1 Å². The van der Waals surface area contributed by atoms with Crippen molar-refractivity contribution in [1.82, 2.24) is 5.32 Å². The minimum Gasteiger partial charge on any atom is -0.478 e. The average Bonchev–Trinajstić information content (AvgIpc) is 2.66. The Morgan fingerprint density at radius 1 is 1.23 bits per heavy atom. The van der Waals surface area contributed by atoms with Crippen molar-refractivity contribution in [3.05, 3.63) is 76.4 Å². The van der Waals surface area contributed by atoms with Crippen molar-refractivity contribution < 1.29 is 9.90 Å². The van der Waals surface area contributed by atoms with E-state index in [9.17, 15) is 9.90 Å². The summed E-state index contributed by atoms with van der Waals surface area (Å²) in [6, 6.07) is 17.6. The highest BCUT2D eigenvalue weighted by atomic mass is 16.4. The molecule has 0 aromatic heterocycles. The second kappa shape index (κ2) is 8.33. The number of carboxylic acid groups (broad SMARTS) is 1. The summed E-state index contributed by atoms with van der Waals surface area (Å²) in [5.41, 5.74) is 5.49. The van der Waals surface area contributed by atoms with Crippen LogP contribution < -0.4 is 5.32 Å². The Hall–Kier alpha value is -2.39. The van der Waals surface area contributed by atoms with E-state index < -0.39 is 5.97 Å². The fraction of sp³-hybridized carbons (Fsp3) is 0.348. The van der Waals surface area contributed by atoms with Crippen molar-refractivity contribution in [2.45, 2.75) is 51.6 Å². The van der Waals surface area contributed by atoms with Gasteiger partial charge in [-0.05, 0) is 60.9 Å². The molecule has 2 aromatic rings. The molecule has 1 unspecified atom stereocenters. The van der Waals surface area contributed by atoms with E-state index in [0.717, 1.165) is 24.8 Å². The Morgan fingerprint density at radius 2 is 2.00 bits per heavy atom. The second-order valence-corrected chi connectivity index (χ2v) is 7.05. The van der Waals surface area contributed by atoms with Gasteiger partial charge in [0.05, 0.1) is 0 Å². The Morgan fingerprint density at radius 3 is 2.69 bits per heavy atom. The first-order valence-corrected chi connectivity index (χ1v) is 9.44. The highest BCUT2D eigenvalue weighted by Gasteiger charge is 2.22. The van der Waals surface area contributed by atoms with Gasteiger partial charge in [-0.1, -0.05) is 55.5 Å². The fourth-order valence-electron chi connectivity index (χ4n) is 3.81. The van der Waals surface area contributed by atoms with Crippen LogP contribution in [0.5, 0.6) is 0 Å². The van der Waals surface area contributed by atoms with Gasteiger partial charge >= 0.3 is 5.97 Å². The molecule has 0 spiro atoms. The van der Waals surface area contributed by atoms with Gasteiger partial charge in [-0.3, -0.25) is 0 Å². The number of fused-ring (bicyclic) bond motifs is 1. The topological polar surface area (TPSA) is 49.3 Å². The molecule has 0 heterocycles. The molecule has 0 bridgehead atoms. The van der Waals surface area contributed by atoms with Crippen molar-refractivity contribution in [3.8, 4) is 0 Å². The van der Waals surface area contributed by atoms with Crippen molar-refractivity contribution in [1.29, 1.82) is 0 Å². The molecule has 0 radical (unpaired) electrons. The van der Waals surface area contributed by atoms with Gasteiger partial charge < -0.3 is 10.4 Å². The molecule has 0 amide bonds. The van der Waals surface area contributed by atoms with Crippen LogP contribution in [0.4, 0.5) is 0 Å². The van der Waals surface area contributed by atoms with Crippen LogP contribution in [0.25, 0.3) is 6.08 Å². The van der Waals surface area contributed by atoms with E-state index in [1.807, 2.05) is 31.2 Å². The predicted octanol–water partition coefficient (Wildman–Crippen LogP) is 4.77. The quantitative estimate of drug-likeness (QED) is 0.738. The molecule has 0 fully saturated rings. The first-order valence-electron chi connectivity index (χ1n) is 9.44. The predicted molar refractivity (Wildman–Crippen MR) is 106 cm³/mol. The fourth-order valence-corrected chi connectivity index (χ4v) is 3.81. The number of nitrogens with one attached hydrogen (secondary N) is 1. The molecule has 3 heteroatoms. The summed E-state index contributed by atoms with van der Waals surface area (Å²) >= 11 is 0. The summed E-state index contributed by atoms with van der Waals surface area (Å²) in [5, 5.41) is 13.1. The highest BCUT2D eigenvalue weighted by molar-refractivity contribution is 5.92. The van der Waals surface area contributed by atoms with Crippen LogP contribution >= 0.6 is 0 Å². The number of carboxylic acids is 1. The Kier molecular flexibility index (Phi) is 5.89. The molecule has 3 nitrogen and oxygen atoms in total. The molecule has 1 aliphatic rings. The standard InChI is InChI=1S/C23H27NO2/c1-3-17(23(25)26)14-19-10-7-11-20-15-21(12-13-22(19)20)24-16(2)18-8-5-4-6-9-18/h4-11,14,16,21,24H,3,12-13,15H2,1-2H3,(H,25,26)/t16-,21?/m1/s1. The lowest BCUT2D eigenvalue weighted by Gasteiger charge is -2.29. The van der Waals surface area contributed by atoms with Gasteiger partial charge in [-0.2, -0.15) is 0 Å². The number of hydrogen-bond acceptors (Lipinski definition) is 2. The summed E-state index contributed by atoms with van der Waals surface area (Å²) < 4.78 is 0. The Balaban J connectivity index is 1.75. The van der Waals surface area contributed by atoms with Crippen molar-refractivity contribution >= 4 is 12.0 Å². The molecule has 2 N–H and O–H groups in total. The van der Waals surface area contributed by atoms with E-state index >= 15 is 0 Å². The van der Waals surface area contributed by atoms with E-state index in [-0.39, 0.29) is 0 Å². The maximum atomic E-state index is 11.3. The van der Waals surface area contributed by atoms with E-state index in [1.165, 1.54) is 16.7 Å². The van der Waals surface area contributed by atoms with Crippen molar-refractivity contribution in [2.24, 2.45) is 0 Å². The van der Waals surface area contributed by atoms with Gasteiger partial charge in [0.1, 0.15) is 0 Å². The summed E-state index contributed by atoms with van der Waals surface area (Å²) in [6.45, 7) is 4.10. The average molecular weight is 349 g/mol. The van der Waals surface area contributed by atoms with E-state index in [0.29, 0.717) is 24.1 Å². The van der Waals surface area contributed by atoms with E-state index in [4.69, 9.17) is 0 Å². The zero-order chi connectivity index (χ0) is 18.5. The molecule has 2 atom stereocenters. The van der Waals surface area contributed by atoms with Gasteiger partial charge in [-0.25, -0.2) is 4.79 Å². The van der Waals surface area contributed by atoms with Gasteiger partial charge in [0.2, 0.25) is 0 Å². The van der Waals surface area contributed by atoms with Crippen LogP contribution in [0.3, 0.4) is 0 Å². The molecule has 0 saturated heterocycles. The van der Waals surface area contributed by atoms with E-state index in [2.05, 4.69) is 42.6 Å². The molecular formula is C23H27NO2. The van der Waals surface area contributed by atoms with Crippen molar-refractivity contribution in [3.63, 3.8) is 0 Å². The molecule has 26 heavy (non-hydrogen) atoms. The largest absolute Gasteiger partial charge is 0.478 e. The number of carbonyl (C=O) groups is 1. The summed E-state index contributed by atoms with van der Waals surface area (Å²) in [7, 11) is 0. The number of rotatable bonds is 6. The van der Waals surface area contributed by atoms with Gasteiger partial charge in [0.15, 0.2) is 0 Å². The molecule has 3 rings (SSSR count).